The Balaban J connectivity index is 2.18. The summed E-state index contributed by atoms with van der Waals surface area (Å²) in [7, 11) is 1.61. The van der Waals surface area contributed by atoms with Crippen LogP contribution in [0.2, 0.25) is 10.2 Å². The number of hydrogen-bond acceptors (Lipinski definition) is 4. The lowest BCUT2D eigenvalue weighted by molar-refractivity contribution is 0.414. The van der Waals surface area contributed by atoms with Crippen LogP contribution in [0.4, 0.5) is 0 Å². The van der Waals surface area contributed by atoms with E-state index in [-0.39, 0.29) is 0 Å². The number of aromatic nitrogens is 4. The van der Waals surface area contributed by atoms with Gasteiger partial charge >= 0.3 is 0 Å². The highest BCUT2D eigenvalue weighted by Crippen LogP contribution is 2.30. The maximum absolute atomic E-state index is 6.10. The van der Waals surface area contributed by atoms with Gasteiger partial charge in [-0.3, -0.25) is 4.98 Å². The average Bonchev–Trinajstić information content (AvgIpc) is 2.93. The highest BCUT2D eigenvalue weighted by atomic mass is 35.5. The number of benzene rings is 1. The molecule has 2 aromatic heterocycles. The molecule has 3 rings (SSSR count). The highest BCUT2D eigenvalue weighted by molar-refractivity contribution is 6.31. The summed E-state index contributed by atoms with van der Waals surface area (Å²) in [6.45, 7) is 0. The molecule has 0 atom stereocenters. The summed E-state index contributed by atoms with van der Waals surface area (Å²) >= 11 is 11.9. The van der Waals surface area contributed by atoms with Gasteiger partial charge in [0.2, 0.25) is 0 Å². The Morgan fingerprint density at radius 2 is 2.00 bits per heavy atom. The molecule has 0 amide bonds. The first-order valence-corrected chi connectivity index (χ1v) is 6.81. The SMILES string of the molecule is COc1ccnc(-c2cc(Cl)ccc2-n2cc(Cl)nn2)c1. The molecule has 21 heavy (non-hydrogen) atoms. The van der Waals surface area contributed by atoms with Crippen molar-refractivity contribution in [3.05, 3.63) is 52.9 Å². The van der Waals surface area contributed by atoms with Gasteiger partial charge in [0.05, 0.1) is 24.7 Å². The fourth-order valence-electron chi connectivity index (χ4n) is 1.96. The Kier molecular flexibility index (Phi) is 3.77. The van der Waals surface area contributed by atoms with Gasteiger partial charge in [-0.15, -0.1) is 5.10 Å². The van der Waals surface area contributed by atoms with Gasteiger partial charge in [-0.1, -0.05) is 28.4 Å². The molecule has 0 saturated carbocycles. The van der Waals surface area contributed by atoms with Gasteiger partial charge in [0, 0.05) is 22.8 Å². The second-order valence-corrected chi connectivity index (χ2v) is 5.05. The molecule has 0 bridgehead atoms. The van der Waals surface area contributed by atoms with E-state index < -0.39 is 0 Å². The molecule has 1 aromatic carbocycles. The van der Waals surface area contributed by atoms with E-state index in [9.17, 15) is 0 Å². The van der Waals surface area contributed by atoms with E-state index in [0.717, 1.165) is 16.9 Å². The second-order valence-electron chi connectivity index (χ2n) is 4.23. The summed E-state index contributed by atoms with van der Waals surface area (Å²) in [6.07, 6.45) is 3.29. The van der Waals surface area contributed by atoms with Crippen molar-refractivity contribution in [3.8, 4) is 22.7 Å². The quantitative estimate of drug-likeness (QED) is 0.739. The predicted octanol–water partition coefficient (Wildman–Crippen LogP) is 3.64. The van der Waals surface area contributed by atoms with Gasteiger partial charge in [-0.2, -0.15) is 0 Å². The molecule has 0 aliphatic heterocycles. The van der Waals surface area contributed by atoms with E-state index >= 15 is 0 Å². The lowest BCUT2D eigenvalue weighted by atomic mass is 10.1. The van der Waals surface area contributed by atoms with Gasteiger partial charge in [-0.05, 0) is 24.3 Å². The minimum atomic E-state index is 0.314. The topological polar surface area (TPSA) is 52.8 Å². The molecule has 106 valence electrons. The van der Waals surface area contributed by atoms with Crippen LogP contribution in [0.3, 0.4) is 0 Å². The molecular weight excluding hydrogens is 311 g/mol. The molecule has 0 aliphatic rings. The summed E-state index contributed by atoms with van der Waals surface area (Å²) in [6, 6.07) is 9.03. The van der Waals surface area contributed by atoms with Crippen molar-refractivity contribution < 1.29 is 4.74 Å². The maximum Gasteiger partial charge on any atom is 0.171 e. The average molecular weight is 321 g/mol. The van der Waals surface area contributed by atoms with Gasteiger partial charge in [0.1, 0.15) is 5.75 Å². The summed E-state index contributed by atoms with van der Waals surface area (Å²) < 4.78 is 6.81. The van der Waals surface area contributed by atoms with E-state index in [0.29, 0.717) is 15.9 Å². The summed E-state index contributed by atoms with van der Waals surface area (Å²) in [5.41, 5.74) is 2.31. The van der Waals surface area contributed by atoms with E-state index in [4.69, 9.17) is 27.9 Å². The predicted molar refractivity (Wildman–Crippen MR) is 81.2 cm³/mol. The summed E-state index contributed by atoms with van der Waals surface area (Å²) in [4.78, 5) is 4.36. The molecular formula is C14H10Cl2N4O. The van der Waals surface area contributed by atoms with Crippen molar-refractivity contribution in [3.63, 3.8) is 0 Å². The standard InChI is InChI=1S/C14H10Cl2N4O/c1-21-10-4-5-17-12(7-10)11-6-9(15)2-3-13(11)20-8-14(16)18-19-20/h2-8H,1H3. The lowest BCUT2D eigenvalue weighted by Crippen LogP contribution is -1.99. The van der Waals surface area contributed by atoms with Crippen molar-refractivity contribution in [2.45, 2.75) is 0 Å². The van der Waals surface area contributed by atoms with E-state index in [1.807, 2.05) is 18.2 Å². The molecule has 0 spiro atoms. The number of methoxy groups -OCH3 is 1. The molecule has 5 nitrogen and oxygen atoms in total. The number of ether oxygens (including phenoxy) is 1. The van der Waals surface area contributed by atoms with Crippen LogP contribution in [0, 0.1) is 0 Å². The van der Waals surface area contributed by atoms with Gasteiger partial charge in [-0.25, -0.2) is 4.68 Å². The van der Waals surface area contributed by atoms with Crippen LogP contribution in [0.5, 0.6) is 5.75 Å². The molecule has 0 radical (unpaired) electrons. The first-order chi connectivity index (χ1) is 10.2. The minimum absolute atomic E-state index is 0.314. The third-order valence-electron chi connectivity index (χ3n) is 2.91. The lowest BCUT2D eigenvalue weighted by Gasteiger charge is -2.10. The monoisotopic (exact) mass is 320 g/mol. The summed E-state index contributed by atoms with van der Waals surface area (Å²) in [5.74, 6) is 0.711. The zero-order chi connectivity index (χ0) is 14.8. The normalized spacial score (nSPS) is 10.6. The Morgan fingerprint density at radius 3 is 2.71 bits per heavy atom. The van der Waals surface area contributed by atoms with Crippen LogP contribution in [0.15, 0.2) is 42.7 Å². The van der Waals surface area contributed by atoms with Crippen molar-refractivity contribution in [1.29, 1.82) is 0 Å². The van der Waals surface area contributed by atoms with Crippen LogP contribution < -0.4 is 4.74 Å². The number of rotatable bonds is 3. The van der Waals surface area contributed by atoms with Gasteiger partial charge < -0.3 is 4.74 Å². The maximum atomic E-state index is 6.10. The van der Waals surface area contributed by atoms with Crippen molar-refractivity contribution >= 4 is 23.2 Å². The summed E-state index contributed by atoms with van der Waals surface area (Å²) in [5, 5.41) is 8.68. The Morgan fingerprint density at radius 1 is 1.14 bits per heavy atom. The number of hydrogen-bond donors (Lipinski definition) is 0. The smallest absolute Gasteiger partial charge is 0.171 e. The largest absolute Gasteiger partial charge is 0.497 e. The first kappa shape index (κ1) is 13.9. The molecule has 0 N–H and O–H groups in total. The highest BCUT2D eigenvalue weighted by Gasteiger charge is 2.12. The fraction of sp³-hybridized carbons (Fsp3) is 0.0714. The van der Waals surface area contributed by atoms with Crippen LogP contribution in [0.25, 0.3) is 16.9 Å². The van der Waals surface area contributed by atoms with Gasteiger partial charge in [0.15, 0.2) is 5.15 Å². The van der Waals surface area contributed by atoms with E-state index in [1.165, 1.54) is 0 Å². The van der Waals surface area contributed by atoms with Crippen LogP contribution in [0.1, 0.15) is 0 Å². The molecule has 7 heteroatoms. The number of nitrogens with zero attached hydrogens (tertiary/aromatic N) is 4. The van der Waals surface area contributed by atoms with E-state index in [1.54, 1.807) is 36.3 Å². The Bertz CT molecular complexity index is 788. The van der Waals surface area contributed by atoms with Gasteiger partial charge in [0.25, 0.3) is 0 Å². The number of pyridine rings is 1. The molecule has 0 saturated heterocycles. The molecule has 0 unspecified atom stereocenters. The Hall–Kier alpha value is -2.11. The van der Waals surface area contributed by atoms with Crippen LogP contribution in [-0.4, -0.2) is 27.1 Å². The third-order valence-corrected chi connectivity index (χ3v) is 3.32. The first-order valence-electron chi connectivity index (χ1n) is 6.05. The van der Waals surface area contributed by atoms with Crippen LogP contribution >= 0.6 is 23.2 Å². The molecule has 3 aromatic rings. The molecule has 2 heterocycles. The van der Waals surface area contributed by atoms with Crippen LogP contribution in [-0.2, 0) is 0 Å². The molecule has 0 aliphatic carbocycles. The van der Waals surface area contributed by atoms with E-state index in [2.05, 4.69) is 15.3 Å². The fourth-order valence-corrected chi connectivity index (χ4v) is 2.26. The molecule has 0 fully saturated rings. The third kappa shape index (κ3) is 2.84. The number of halogens is 2. The van der Waals surface area contributed by atoms with Crippen molar-refractivity contribution in [1.82, 2.24) is 20.0 Å². The second kappa shape index (κ2) is 5.71. The minimum Gasteiger partial charge on any atom is -0.497 e. The van der Waals surface area contributed by atoms with Crippen molar-refractivity contribution in [2.24, 2.45) is 0 Å². The zero-order valence-corrected chi connectivity index (χ0v) is 12.5. The zero-order valence-electron chi connectivity index (χ0n) is 11.0. The van der Waals surface area contributed by atoms with Crippen molar-refractivity contribution in [2.75, 3.05) is 7.11 Å². The Labute approximate surface area is 131 Å².